The lowest BCUT2D eigenvalue weighted by molar-refractivity contribution is -0.118. The lowest BCUT2D eigenvalue weighted by Gasteiger charge is -2.12. The van der Waals surface area contributed by atoms with Gasteiger partial charge in [0.25, 0.3) is 5.91 Å². The molecule has 0 fully saturated rings. The van der Waals surface area contributed by atoms with Crippen LogP contribution in [0.1, 0.15) is 11.1 Å². The smallest absolute Gasteiger partial charge is 0.262 e. The number of benzene rings is 2. The summed E-state index contributed by atoms with van der Waals surface area (Å²) < 4.78 is 6.21. The molecule has 110 valence electrons. The van der Waals surface area contributed by atoms with Gasteiger partial charge >= 0.3 is 0 Å². The number of aryl methyl sites for hydroxylation is 2. The standard InChI is InChI=1S/C16H15BrClNO2/c1-10-4-3-5-11(2)16(10)19-15(20)9-21-14-7-6-12(18)8-13(14)17/h3-8H,9H2,1-2H3,(H,19,20). The van der Waals surface area contributed by atoms with Crippen LogP contribution in [0, 0.1) is 13.8 Å². The number of anilines is 1. The van der Waals surface area contributed by atoms with E-state index in [0.29, 0.717) is 10.8 Å². The maximum atomic E-state index is 12.0. The number of halogens is 2. The summed E-state index contributed by atoms with van der Waals surface area (Å²) in [6, 6.07) is 11.0. The van der Waals surface area contributed by atoms with Gasteiger partial charge in [-0.2, -0.15) is 0 Å². The molecule has 2 aromatic carbocycles. The Balaban J connectivity index is 1.99. The van der Waals surface area contributed by atoms with Crippen molar-refractivity contribution < 1.29 is 9.53 Å². The second-order valence-corrected chi connectivity index (χ2v) is 5.97. The first-order chi connectivity index (χ1) is 9.97. The highest BCUT2D eigenvalue weighted by molar-refractivity contribution is 9.10. The van der Waals surface area contributed by atoms with Crippen molar-refractivity contribution in [3.8, 4) is 5.75 Å². The van der Waals surface area contributed by atoms with Crippen LogP contribution in [-0.4, -0.2) is 12.5 Å². The molecule has 0 aromatic heterocycles. The second-order valence-electron chi connectivity index (χ2n) is 4.68. The van der Waals surface area contributed by atoms with Crippen LogP contribution >= 0.6 is 27.5 Å². The zero-order valence-corrected chi connectivity index (χ0v) is 14.1. The largest absolute Gasteiger partial charge is 0.483 e. The summed E-state index contributed by atoms with van der Waals surface area (Å²) in [6.45, 7) is 3.85. The summed E-state index contributed by atoms with van der Waals surface area (Å²) >= 11 is 9.20. The molecule has 0 saturated heterocycles. The number of amides is 1. The first-order valence-corrected chi connectivity index (χ1v) is 7.58. The minimum atomic E-state index is -0.200. The zero-order valence-electron chi connectivity index (χ0n) is 11.7. The Bertz CT molecular complexity index is 653. The van der Waals surface area contributed by atoms with E-state index in [2.05, 4.69) is 21.2 Å². The molecule has 0 radical (unpaired) electrons. The van der Waals surface area contributed by atoms with E-state index in [-0.39, 0.29) is 12.5 Å². The Morgan fingerprint density at radius 1 is 1.24 bits per heavy atom. The molecule has 2 aromatic rings. The number of para-hydroxylation sites is 1. The van der Waals surface area contributed by atoms with E-state index in [4.69, 9.17) is 16.3 Å². The third-order valence-electron chi connectivity index (χ3n) is 3.00. The molecule has 1 N–H and O–H groups in total. The molecule has 2 rings (SSSR count). The molecule has 0 saturated carbocycles. The monoisotopic (exact) mass is 367 g/mol. The molecule has 1 amide bonds. The Morgan fingerprint density at radius 3 is 2.52 bits per heavy atom. The van der Waals surface area contributed by atoms with Crippen molar-refractivity contribution in [3.63, 3.8) is 0 Å². The number of carbonyl (C=O) groups excluding carboxylic acids is 1. The number of carbonyl (C=O) groups is 1. The number of hydrogen-bond acceptors (Lipinski definition) is 2. The van der Waals surface area contributed by atoms with Crippen LogP contribution in [0.4, 0.5) is 5.69 Å². The number of rotatable bonds is 4. The fourth-order valence-electron chi connectivity index (χ4n) is 1.92. The fourth-order valence-corrected chi connectivity index (χ4v) is 2.72. The van der Waals surface area contributed by atoms with E-state index in [1.807, 2.05) is 32.0 Å². The predicted molar refractivity (Wildman–Crippen MR) is 89.2 cm³/mol. The van der Waals surface area contributed by atoms with Crippen molar-refractivity contribution in [2.75, 3.05) is 11.9 Å². The molecule has 0 heterocycles. The van der Waals surface area contributed by atoms with E-state index in [1.54, 1.807) is 18.2 Å². The molecule has 3 nitrogen and oxygen atoms in total. The van der Waals surface area contributed by atoms with Gasteiger partial charge in [-0.1, -0.05) is 29.8 Å². The van der Waals surface area contributed by atoms with E-state index >= 15 is 0 Å². The minimum absolute atomic E-state index is 0.0615. The van der Waals surface area contributed by atoms with E-state index in [1.165, 1.54) is 0 Å². The third-order valence-corrected chi connectivity index (χ3v) is 3.85. The lowest BCUT2D eigenvalue weighted by Crippen LogP contribution is -2.21. The molecule has 5 heteroatoms. The Hall–Kier alpha value is -1.52. The number of hydrogen-bond donors (Lipinski definition) is 1. The third kappa shape index (κ3) is 4.22. The average Bonchev–Trinajstić information content (AvgIpc) is 2.42. The van der Waals surface area contributed by atoms with Crippen LogP contribution in [-0.2, 0) is 4.79 Å². The fraction of sp³-hybridized carbons (Fsp3) is 0.188. The molecular weight excluding hydrogens is 354 g/mol. The van der Waals surface area contributed by atoms with Crippen molar-refractivity contribution in [1.82, 2.24) is 0 Å². The Labute approximate surface area is 137 Å². The van der Waals surface area contributed by atoms with Crippen molar-refractivity contribution in [1.29, 1.82) is 0 Å². The second kappa shape index (κ2) is 6.96. The first-order valence-electron chi connectivity index (χ1n) is 6.41. The van der Waals surface area contributed by atoms with Crippen LogP contribution in [0.2, 0.25) is 5.02 Å². The van der Waals surface area contributed by atoms with Gasteiger partial charge in [-0.3, -0.25) is 4.79 Å². The van der Waals surface area contributed by atoms with E-state index in [9.17, 15) is 4.79 Å². The first kappa shape index (κ1) is 15.9. The van der Waals surface area contributed by atoms with Crippen molar-refractivity contribution in [2.45, 2.75) is 13.8 Å². The lowest BCUT2D eigenvalue weighted by atomic mass is 10.1. The molecule has 0 aliphatic rings. The molecule has 0 atom stereocenters. The zero-order chi connectivity index (χ0) is 15.4. The summed E-state index contributed by atoms with van der Waals surface area (Å²) in [4.78, 5) is 12.0. The van der Waals surface area contributed by atoms with Crippen LogP contribution in [0.15, 0.2) is 40.9 Å². The predicted octanol–water partition coefficient (Wildman–Crippen LogP) is 4.74. The Morgan fingerprint density at radius 2 is 1.90 bits per heavy atom. The van der Waals surface area contributed by atoms with Gasteiger partial charge in [-0.15, -0.1) is 0 Å². The average molecular weight is 369 g/mol. The van der Waals surface area contributed by atoms with Crippen LogP contribution in [0.3, 0.4) is 0 Å². The van der Waals surface area contributed by atoms with E-state index < -0.39 is 0 Å². The quantitative estimate of drug-likeness (QED) is 0.846. The van der Waals surface area contributed by atoms with Crippen molar-refractivity contribution in [2.24, 2.45) is 0 Å². The molecule has 0 aliphatic carbocycles. The molecule has 0 aliphatic heterocycles. The topological polar surface area (TPSA) is 38.3 Å². The summed E-state index contributed by atoms with van der Waals surface area (Å²) in [5.74, 6) is 0.380. The summed E-state index contributed by atoms with van der Waals surface area (Å²) in [5.41, 5.74) is 2.88. The normalized spacial score (nSPS) is 10.3. The van der Waals surface area contributed by atoms with Gasteiger partial charge in [0.05, 0.1) is 4.47 Å². The van der Waals surface area contributed by atoms with Gasteiger partial charge in [0.15, 0.2) is 6.61 Å². The Kier molecular flexibility index (Phi) is 5.26. The van der Waals surface area contributed by atoms with Crippen LogP contribution in [0.5, 0.6) is 5.75 Å². The van der Waals surface area contributed by atoms with Gasteiger partial charge in [-0.25, -0.2) is 0 Å². The van der Waals surface area contributed by atoms with E-state index in [0.717, 1.165) is 21.3 Å². The van der Waals surface area contributed by atoms with Gasteiger partial charge in [0.2, 0.25) is 0 Å². The van der Waals surface area contributed by atoms with Crippen molar-refractivity contribution in [3.05, 3.63) is 57.0 Å². The van der Waals surface area contributed by atoms with Crippen LogP contribution < -0.4 is 10.1 Å². The van der Waals surface area contributed by atoms with Gasteiger partial charge in [0, 0.05) is 10.7 Å². The summed E-state index contributed by atoms with van der Waals surface area (Å²) in [5, 5.41) is 3.48. The molecule has 0 spiro atoms. The minimum Gasteiger partial charge on any atom is -0.483 e. The summed E-state index contributed by atoms with van der Waals surface area (Å²) in [7, 11) is 0. The van der Waals surface area contributed by atoms with Gasteiger partial charge in [0.1, 0.15) is 5.75 Å². The molecule has 0 unspecified atom stereocenters. The molecular formula is C16H15BrClNO2. The maximum absolute atomic E-state index is 12.0. The highest BCUT2D eigenvalue weighted by Gasteiger charge is 2.09. The van der Waals surface area contributed by atoms with Crippen molar-refractivity contribution >= 4 is 39.1 Å². The maximum Gasteiger partial charge on any atom is 0.262 e. The summed E-state index contributed by atoms with van der Waals surface area (Å²) in [6.07, 6.45) is 0. The SMILES string of the molecule is Cc1cccc(C)c1NC(=O)COc1ccc(Cl)cc1Br. The number of ether oxygens (including phenoxy) is 1. The van der Waals surface area contributed by atoms with Gasteiger partial charge in [-0.05, 0) is 59.1 Å². The number of nitrogens with one attached hydrogen (secondary N) is 1. The van der Waals surface area contributed by atoms with Gasteiger partial charge < -0.3 is 10.1 Å². The van der Waals surface area contributed by atoms with Crippen LogP contribution in [0.25, 0.3) is 0 Å². The molecule has 21 heavy (non-hydrogen) atoms. The highest BCUT2D eigenvalue weighted by Crippen LogP contribution is 2.28. The molecule has 0 bridgehead atoms. The highest BCUT2D eigenvalue weighted by atomic mass is 79.9.